The molecular weight excluding hydrogens is 337 g/mol. The lowest BCUT2D eigenvalue weighted by Crippen LogP contribution is -2.26. The van der Waals surface area contributed by atoms with Gasteiger partial charge in [-0.05, 0) is 45.6 Å². The second-order valence-electron chi connectivity index (χ2n) is 4.49. The molecule has 0 radical (unpaired) electrons. The average Bonchev–Trinajstić information content (AvgIpc) is 2.50. The topological polar surface area (TPSA) is 38.3 Å². The van der Waals surface area contributed by atoms with Gasteiger partial charge in [-0.2, -0.15) is 0 Å². The van der Waals surface area contributed by atoms with Gasteiger partial charge in [0.1, 0.15) is 12.4 Å². The van der Waals surface area contributed by atoms with Crippen LogP contribution < -0.4 is 5.32 Å². The Balaban J connectivity index is 1.70. The Morgan fingerprint density at radius 3 is 2.62 bits per heavy atom. The van der Waals surface area contributed by atoms with E-state index in [0.29, 0.717) is 17.4 Å². The van der Waals surface area contributed by atoms with E-state index < -0.39 is 6.09 Å². The zero-order chi connectivity index (χ0) is 15.1. The maximum absolute atomic E-state index is 13.3. The van der Waals surface area contributed by atoms with Crippen LogP contribution in [0, 0.1) is 5.82 Å². The number of benzene rings is 2. The van der Waals surface area contributed by atoms with E-state index in [4.69, 9.17) is 4.74 Å². The van der Waals surface area contributed by atoms with E-state index in [1.54, 1.807) is 6.07 Å². The molecule has 3 nitrogen and oxygen atoms in total. The summed E-state index contributed by atoms with van der Waals surface area (Å²) in [6.07, 6.45) is 0.0707. The van der Waals surface area contributed by atoms with E-state index in [1.807, 2.05) is 36.4 Å². The third-order valence-electron chi connectivity index (χ3n) is 2.88. The van der Waals surface area contributed by atoms with Crippen LogP contribution in [0.5, 0.6) is 0 Å². The summed E-state index contributed by atoms with van der Waals surface area (Å²) in [5.41, 5.74) is 1.75. The summed E-state index contributed by atoms with van der Waals surface area (Å²) in [7, 11) is 0. The molecule has 0 atom stereocenters. The van der Waals surface area contributed by atoms with Crippen molar-refractivity contribution in [1.82, 2.24) is 5.32 Å². The van der Waals surface area contributed by atoms with Crippen molar-refractivity contribution < 1.29 is 13.9 Å². The lowest BCUT2D eigenvalue weighted by atomic mass is 10.1. The van der Waals surface area contributed by atoms with Gasteiger partial charge in [0, 0.05) is 6.54 Å². The summed E-state index contributed by atoms with van der Waals surface area (Å²) in [6.45, 7) is 0.633. The Labute approximate surface area is 131 Å². The van der Waals surface area contributed by atoms with Crippen molar-refractivity contribution in [2.75, 3.05) is 6.54 Å². The highest BCUT2D eigenvalue weighted by molar-refractivity contribution is 9.10. The molecule has 0 unspecified atom stereocenters. The molecule has 0 aliphatic rings. The summed E-state index contributed by atoms with van der Waals surface area (Å²) in [6, 6.07) is 14.4. The fourth-order valence-electron chi connectivity index (χ4n) is 1.78. The maximum atomic E-state index is 13.3. The Morgan fingerprint density at radius 1 is 1.14 bits per heavy atom. The fourth-order valence-corrected chi connectivity index (χ4v) is 2.02. The molecule has 0 aliphatic heterocycles. The molecule has 0 heterocycles. The summed E-state index contributed by atoms with van der Waals surface area (Å²) in [5.74, 6) is -0.306. The lowest BCUT2D eigenvalue weighted by Gasteiger charge is -2.07. The van der Waals surface area contributed by atoms with Crippen LogP contribution in [-0.2, 0) is 17.8 Å². The molecular formula is C16H15BrFNO2. The first-order valence-corrected chi connectivity index (χ1v) is 7.33. The first-order valence-electron chi connectivity index (χ1n) is 6.53. The average molecular weight is 352 g/mol. The number of rotatable bonds is 5. The third kappa shape index (κ3) is 5.19. The van der Waals surface area contributed by atoms with E-state index in [0.717, 1.165) is 11.1 Å². The molecule has 0 saturated carbocycles. The molecule has 21 heavy (non-hydrogen) atoms. The standard InChI is InChI=1S/C16H15BrFNO2/c17-14-7-6-12(10-15(14)18)8-9-19-16(20)21-11-13-4-2-1-3-5-13/h1-7,10H,8-9,11H2,(H,19,20). The highest BCUT2D eigenvalue weighted by atomic mass is 79.9. The lowest BCUT2D eigenvalue weighted by molar-refractivity contribution is 0.140. The van der Waals surface area contributed by atoms with Crippen molar-refractivity contribution in [3.8, 4) is 0 Å². The molecule has 0 fully saturated rings. The van der Waals surface area contributed by atoms with Crippen LogP contribution >= 0.6 is 15.9 Å². The number of halogens is 2. The second-order valence-corrected chi connectivity index (χ2v) is 5.34. The number of carbonyl (C=O) groups excluding carboxylic acids is 1. The van der Waals surface area contributed by atoms with Crippen molar-refractivity contribution in [2.24, 2.45) is 0 Å². The molecule has 110 valence electrons. The predicted octanol–water partition coefficient (Wildman–Crippen LogP) is 4.06. The zero-order valence-corrected chi connectivity index (χ0v) is 12.9. The van der Waals surface area contributed by atoms with Crippen molar-refractivity contribution in [3.05, 3.63) is 69.9 Å². The predicted molar refractivity (Wildman–Crippen MR) is 82.4 cm³/mol. The monoisotopic (exact) mass is 351 g/mol. The van der Waals surface area contributed by atoms with Gasteiger partial charge in [0.25, 0.3) is 0 Å². The minimum Gasteiger partial charge on any atom is -0.445 e. The largest absolute Gasteiger partial charge is 0.445 e. The van der Waals surface area contributed by atoms with Crippen LogP contribution in [0.2, 0.25) is 0 Å². The Morgan fingerprint density at radius 2 is 1.90 bits per heavy atom. The van der Waals surface area contributed by atoms with Crippen LogP contribution in [0.15, 0.2) is 53.0 Å². The van der Waals surface area contributed by atoms with Crippen LogP contribution in [-0.4, -0.2) is 12.6 Å². The number of carbonyl (C=O) groups is 1. The van der Waals surface area contributed by atoms with Crippen LogP contribution in [0.4, 0.5) is 9.18 Å². The molecule has 1 N–H and O–H groups in total. The summed E-state index contributed by atoms with van der Waals surface area (Å²) < 4.78 is 18.8. The van der Waals surface area contributed by atoms with Gasteiger partial charge in [-0.25, -0.2) is 9.18 Å². The van der Waals surface area contributed by atoms with E-state index in [-0.39, 0.29) is 12.4 Å². The normalized spacial score (nSPS) is 10.2. The molecule has 1 amide bonds. The molecule has 0 spiro atoms. The molecule has 2 aromatic rings. The van der Waals surface area contributed by atoms with Crippen molar-refractivity contribution in [1.29, 1.82) is 0 Å². The second kappa shape index (κ2) is 7.78. The minimum absolute atomic E-state index is 0.236. The third-order valence-corrected chi connectivity index (χ3v) is 3.52. The van der Waals surface area contributed by atoms with Crippen LogP contribution in [0.25, 0.3) is 0 Å². The first-order chi connectivity index (χ1) is 10.1. The van der Waals surface area contributed by atoms with E-state index in [9.17, 15) is 9.18 Å². The number of hydrogen-bond acceptors (Lipinski definition) is 2. The van der Waals surface area contributed by atoms with Gasteiger partial charge in [-0.15, -0.1) is 0 Å². The smallest absolute Gasteiger partial charge is 0.407 e. The number of amides is 1. The first kappa shape index (κ1) is 15.5. The van der Waals surface area contributed by atoms with Crippen molar-refractivity contribution in [3.63, 3.8) is 0 Å². The molecule has 5 heteroatoms. The van der Waals surface area contributed by atoms with Crippen LogP contribution in [0.1, 0.15) is 11.1 Å². The van der Waals surface area contributed by atoms with Crippen LogP contribution in [0.3, 0.4) is 0 Å². The van der Waals surface area contributed by atoms with Gasteiger partial charge in [-0.3, -0.25) is 0 Å². The molecule has 2 aromatic carbocycles. The Bertz CT molecular complexity index is 604. The maximum Gasteiger partial charge on any atom is 0.407 e. The van der Waals surface area contributed by atoms with Crippen molar-refractivity contribution >= 4 is 22.0 Å². The van der Waals surface area contributed by atoms with E-state index in [1.165, 1.54) is 6.07 Å². The quantitative estimate of drug-likeness (QED) is 0.882. The molecule has 2 rings (SSSR count). The van der Waals surface area contributed by atoms with Gasteiger partial charge < -0.3 is 10.1 Å². The summed E-state index contributed by atoms with van der Waals surface area (Å²) in [4.78, 5) is 11.5. The molecule has 0 aliphatic carbocycles. The zero-order valence-electron chi connectivity index (χ0n) is 11.3. The highest BCUT2D eigenvalue weighted by Crippen LogP contribution is 2.16. The van der Waals surface area contributed by atoms with Gasteiger partial charge in [-0.1, -0.05) is 36.4 Å². The summed E-state index contributed by atoms with van der Waals surface area (Å²) in [5, 5.41) is 2.64. The number of hydrogen-bond donors (Lipinski definition) is 1. The number of alkyl carbamates (subject to hydrolysis) is 1. The highest BCUT2D eigenvalue weighted by Gasteiger charge is 2.04. The van der Waals surface area contributed by atoms with Gasteiger partial charge in [0.05, 0.1) is 4.47 Å². The molecule has 0 bridgehead atoms. The van der Waals surface area contributed by atoms with Gasteiger partial charge in [0.2, 0.25) is 0 Å². The van der Waals surface area contributed by atoms with Crippen molar-refractivity contribution in [2.45, 2.75) is 13.0 Å². The summed E-state index contributed by atoms with van der Waals surface area (Å²) >= 11 is 3.10. The molecule has 0 saturated heterocycles. The van der Waals surface area contributed by atoms with Gasteiger partial charge >= 0.3 is 6.09 Å². The number of ether oxygens (including phenoxy) is 1. The van der Waals surface area contributed by atoms with E-state index >= 15 is 0 Å². The SMILES string of the molecule is O=C(NCCc1ccc(Br)c(F)c1)OCc1ccccc1. The molecule has 0 aromatic heterocycles. The van der Waals surface area contributed by atoms with E-state index in [2.05, 4.69) is 21.2 Å². The van der Waals surface area contributed by atoms with Gasteiger partial charge in [0.15, 0.2) is 0 Å². The fraction of sp³-hybridized carbons (Fsp3) is 0.188. The Kier molecular flexibility index (Phi) is 5.75. The number of nitrogens with one attached hydrogen (secondary N) is 1. The Hall–Kier alpha value is -1.88. The minimum atomic E-state index is -0.476.